The van der Waals surface area contributed by atoms with E-state index in [1.807, 2.05) is 11.5 Å². The minimum absolute atomic E-state index is 0.0233. The minimum Gasteiger partial charge on any atom is -0.298 e. The maximum Gasteiger partial charge on any atom is 0.345 e. The van der Waals surface area contributed by atoms with Crippen LogP contribution in [0.1, 0.15) is 31.5 Å². The van der Waals surface area contributed by atoms with Crippen molar-refractivity contribution >= 4 is 23.5 Å². The molecule has 1 aromatic rings. The quantitative estimate of drug-likeness (QED) is 0.835. The van der Waals surface area contributed by atoms with Crippen molar-refractivity contribution in [3.63, 3.8) is 0 Å². The molecule has 0 N–H and O–H groups in total. The summed E-state index contributed by atoms with van der Waals surface area (Å²) in [4.78, 5) is 14.8. The molecule has 0 spiro atoms. The van der Waals surface area contributed by atoms with Gasteiger partial charge in [-0.3, -0.25) is 9.47 Å². The second-order valence-electron chi connectivity index (χ2n) is 6.15. The van der Waals surface area contributed by atoms with Crippen LogP contribution in [0.3, 0.4) is 0 Å². The molecule has 1 atom stereocenters. The number of aryl methyl sites for hydroxylation is 1. The van der Waals surface area contributed by atoms with E-state index in [9.17, 15) is 4.79 Å². The van der Waals surface area contributed by atoms with E-state index in [0.717, 1.165) is 18.8 Å². The minimum atomic E-state index is 0.0233. The van der Waals surface area contributed by atoms with Crippen LogP contribution in [0.4, 0.5) is 0 Å². The van der Waals surface area contributed by atoms with Crippen molar-refractivity contribution in [3.8, 4) is 0 Å². The van der Waals surface area contributed by atoms with E-state index in [2.05, 4.69) is 33.5 Å². The summed E-state index contributed by atoms with van der Waals surface area (Å²) >= 11 is 4.18. The lowest BCUT2D eigenvalue weighted by Crippen LogP contribution is -2.45. The number of nitrogens with zero attached hydrogens (tertiary/aromatic N) is 4. The van der Waals surface area contributed by atoms with Crippen LogP contribution < -0.4 is 5.69 Å². The molecule has 5 nitrogen and oxygen atoms in total. The van der Waals surface area contributed by atoms with Gasteiger partial charge in [0.1, 0.15) is 5.82 Å². The van der Waals surface area contributed by atoms with Crippen LogP contribution in [-0.2, 0) is 13.6 Å². The van der Waals surface area contributed by atoms with Gasteiger partial charge in [-0.1, -0.05) is 0 Å². The van der Waals surface area contributed by atoms with E-state index in [4.69, 9.17) is 0 Å². The monoisotopic (exact) mass is 342 g/mol. The second kappa shape index (κ2) is 7.45. The molecule has 22 heavy (non-hydrogen) atoms. The van der Waals surface area contributed by atoms with Crippen LogP contribution in [0.2, 0.25) is 0 Å². The molecule has 1 aromatic heterocycles. The fourth-order valence-electron chi connectivity index (χ4n) is 3.49. The first-order valence-electron chi connectivity index (χ1n) is 8.24. The Morgan fingerprint density at radius 1 is 1.27 bits per heavy atom. The van der Waals surface area contributed by atoms with Crippen molar-refractivity contribution in [2.75, 3.05) is 36.1 Å². The molecule has 0 amide bonds. The van der Waals surface area contributed by atoms with Gasteiger partial charge < -0.3 is 0 Å². The van der Waals surface area contributed by atoms with Crippen molar-refractivity contribution in [1.29, 1.82) is 0 Å². The molecular formula is C15H26N4OS2. The molecule has 1 unspecified atom stereocenters. The highest BCUT2D eigenvalue weighted by Crippen LogP contribution is 2.29. The molecule has 0 radical (unpaired) electrons. The molecular weight excluding hydrogens is 316 g/mol. The topological polar surface area (TPSA) is 43.1 Å². The number of aromatic nitrogens is 3. The van der Waals surface area contributed by atoms with Crippen molar-refractivity contribution < 1.29 is 0 Å². The summed E-state index contributed by atoms with van der Waals surface area (Å²) in [5, 5.41) is 4.53. The highest BCUT2D eigenvalue weighted by atomic mass is 32.2. The van der Waals surface area contributed by atoms with Gasteiger partial charge in [-0.15, -0.1) is 0 Å². The maximum absolute atomic E-state index is 12.1. The summed E-state index contributed by atoms with van der Waals surface area (Å²) in [6.07, 6.45) is 2.37. The molecule has 3 heterocycles. The van der Waals surface area contributed by atoms with E-state index < -0.39 is 0 Å². The van der Waals surface area contributed by atoms with Gasteiger partial charge in [0.05, 0.1) is 0 Å². The molecule has 2 aliphatic heterocycles. The van der Waals surface area contributed by atoms with Gasteiger partial charge in [-0.2, -0.15) is 28.6 Å². The van der Waals surface area contributed by atoms with Gasteiger partial charge in [0.2, 0.25) is 0 Å². The zero-order valence-electron chi connectivity index (χ0n) is 13.5. The first-order chi connectivity index (χ1) is 10.7. The average molecular weight is 343 g/mol. The van der Waals surface area contributed by atoms with Crippen LogP contribution >= 0.6 is 23.5 Å². The molecule has 0 bridgehead atoms. The number of thioether (sulfide) groups is 2. The van der Waals surface area contributed by atoms with Gasteiger partial charge in [0.15, 0.2) is 0 Å². The molecule has 124 valence electrons. The molecule has 2 aliphatic rings. The van der Waals surface area contributed by atoms with E-state index in [-0.39, 0.29) is 5.69 Å². The fraction of sp³-hybridized carbons (Fsp3) is 0.867. The Morgan fingerprint density at radius 2 is 2.00 bits per heavy atom. The summed E-state index contributed by atoms with van der Waals surface area (Å²) in [7, 11) is 1.76. The number of hydrogen-bond donors (Lipinski definition) is 0. The first-order valence-corrected chi connectivity index (χ1v) is 10.5. The van der Waals surface area contributed by atoms with Gasteiger partial charge in [-0.05, 0) is 26.3 Å². The number of piperidine rings is 1. The summed E-state index contributed by atoms with van der Waals surface area (Å²) in [5.74, 6) is 6.47. The summed E-state index contributed by atoms with van der Waals surface area (Å²) in [5.41, 5.74) is 0.0233. The Kier molecular flexibility index (Phi) is 5.57. The van der Waals surface area contributed by atoms with Crippen molar-refractivity contribution in [3.05, 3.63) is 16.3 Å². The molecule has 0 aliphatic carbocycles. The van der Waals surface area contributed by atoms with Gasteiger partial charge in [0, 0.05) is 55.1 Å². The summed E-state index contributed by atoms with van der Waals surface area (Å²) in [6, 6.07) is 0.686. The highest BCUT2D eigenvalue weighted by Gasteiger charge is 2.30. The molecule has 7 heteroatoms. The van der Waals surface area contributed by atoms with E-state index in [1.165, 1.54) is 40.7 Å². The lowest BCUT2D eigenvalue weighted by Gasteiger charge is -2.37. The number of hydrogen-bond acceptors (Lipinski definition) is 5. The number of rotatable bonds is 3. The smallest absolute Gasteiger partial charge is 0.298 e. The Balaban J connectivity index is 1.75. The van der Waals surface area contributed by atoms with Crippen molar-refractivity contribution in [2.45, 2.75) is 38.3 Å². The van der Waals surface area contributed by atoms with E-state index in [1.54, 1.807) is 7.05 Å². The Labute approximate surface area is 140 Å². The Morgan fingerprint density at radius 3 is 2.68 bits per heavy atom. The number of likely N-dealkylation sites (tertiary alicyclic amines) is 1. The third-order valence-electron chi connectivity index (χ3n) is 4.68. The SMILES string of the molecule is CCn1c(C2CCCN(C3CSCCSC3)C2)nn(C)c1=O. The fourth-order valence-corrected chi connectivity index (χ4v) is 6.11. The van der Waals surface area contributed by atoms with Gasteiger partial charge >= 0.3 is 5.69 Å². The molecule has 0 saturated carbocycles. The lowest BCUT2D eigenvalue weighted by atomic mass is 9.96. The van der Waals surface area contributed by atoms with Crippen LogP contribution in [0.15, 0.2) is 4.79 Å². The van der Waals surface area contributed by atoms with Crippen LogP contribution in [-0.4, -0.2) is 61.4 Å². The predicted molar refractivity (Wildman–Crippen MR) is 95.1 cm³/mol. The molecule has 2 fully saturated rings. The standard InChI is InChI=1S/C15H26N4OS2/c1-3-19-14(16-17(2)15(19)20)12-5-4-6-18(9-12)13-10-21-7-8-22-11-13/h12-13H,3-11H2,1-2H3. The first kappa shape index (κ1) is 16.5. The summed E-state index contributed by atoms with van der Waals surface area (Å²) in [6.45, 7) is 5.01. The average Bonchev–Trinajstić information content (AvgIpc) is 2.75. The predicted octanol–water partition coefficient (Wildman–Crippen LogP) is 1.63. The van der Waals surface area contributed by atoms with E-state index >= 15 is 0 Å². The van der Waals surface area contributed by atoms with E-state index in [0.29, 0.717) is 18.5 Å². The van der Waals surface area contributed by atoms with Crippen molar-refractivity contribution in [2.24, 2.45) is 7.05 Å². The van der Waals surface area contributed by atoms with Crippen LogP contribution in [0, 0.1) is 0 Å². The maximum atomic E-state index is 12.1. The zero-order chi connectivity index (χ0) is 15.5. The third kappa shape index (κ3) is 3.41. The van der Waals surface area contributed by atoms with Crippen LogP contribution in [0.25, 0.3) is 0 Å². The normalized spacial score (nSPS) is 25.3. The molecule has 3 rings (SSSR count). The largest absolute Gasteiger partial charge is 0.345 e. The Bertz CT molecular complexity index is 548. The second-order valence-corrected chi connectivity index (χ2v) is 8.45. The van der Waals surface area contributed by atoms with Crippen molar-refractivity contribution in [1.82, 2.24) is 19.2 Å². The summed E-state index contributed by atoms with van der Waals surface area (Å²) < 4.78 is 3.35. The Hall–Kier alpha value is -0.400. The zero-order valence-corrected chi connectivity index (χ0v) is 15.2. The molecule has 0 aromatic carbocycles. The molecule has 2 saturated heterocycles. The third-order valence-corrected chi connectivity index (χ3v) is 7.16. The van der Waals surface area contributed by atoms with Gasteiger partial charge in [0.25, 0.3) is 0 Å². The van der Waals surface area contributed by atoms with Crippen LogP contribution in [0.5, 0.6) is 0 Å². The van der Waals surface area contributed by atoms with Gasteiger partial charge in [-0.25, -0.2) is 9.48 Å². The lowest BCUT2D eigenvalue weighted by molar-refractivity contribution is 0.168. The highest BCUT2D eigenvalue weighted by molar-refractivity contribution is 8.03.